The van der Waals surface area contributed by atoms with Crippen molar-refractivity contribution in [3.05, 3.63) is 65.5 Å². The molecule has 0 aliphatic rings. The van der Waals surface area contributed by atoms with Crippen molar-refractivity contribution in [1.82, 2.24) is 10.6 Å². The van der Waals surface area contributed by atoms with Crippen LogP contribution in [0.4, 0.5) is 4.39 Å². The van der Waals surface area contributed by atoms with Crippen LogP contribution in [-0.4, -0.2) is 33.3 Å². The number of halogens is 1. The van der Waals surface area contributed by atoms with Crippen LogP contribution in [0.15, 0.2) is 48.5 Å². The highest BCUT2D eigenvalue weighted by Crippen LogP contribution is 2.11. The zero-order valence-electron chi connectivity index (χ0n) is 13.6. The molecule has 124 valence electrons. The van der Waals surface area contributed by atoms with Gasteiger partial charge in [0.15, 0.2) is 0 Å². The fourth-order valence-corrected chi connectivity index (χ4v) is 2.34. The summed E-state index contributed by atoms with van der Waals surface area (Å²) in [6.45, 7) is 3.75. The molecule has 0 fully saturated rings. The van der Waals surface area contributed by atoms with Crippen molar-refractivity contribution in [3.63, 3.8) is 0 Å². The Labute approximate surface area is 137 Å². The first kappa shape index (κ1) is 17.4. The largest absolute Gasteiger partial charge is 0.497 e. The molecule has 3 nitrogen and oxygen atoms in total. The Morgan fingerprint density at radius 1 is 0.739 bits per heavy atom. The van der Waals surface area contributed by atoms with Crippen molar-refractivity contribution >= 4 is 0 Å². The van der Waals surface area contributed by atoms with Gasteiger partial charge >= 0.3 is 0 Å². The maximum atomic E-state index is 12.8. The van der Waals surface area contributed by atoms with E-state index in [0.29, 0.717) is 0 Å². The van der Waals surface area contributed by atoms with Gasteiger partial charge in [0.1, 0.15) is 11.6 Å². The molecule has 0 atom stereocenters. The van der Waals surface area contributed by atoms with Crippen LogP contribution >= 0.6 is 0 Å². The summed E-state index contributed by atoms with van der Waals surface area (Å²) in [4.78, 5) is 0. The lowest BCUT2D eigenvalue weighted by Crippen LogP contribution is -2.29. The zero-order chi connectivity index (χ0) is 16.3. The van der Waals surface area contributed by atoms with Crippen LogP contribution in [-0.2, 0) is 12.8 Å². The van der Waals surface area contributed by atoms with Gasteiger partial charge in [-0.2, -0.15) is 0 Å². The lowest BCUT2D eigenvalue weighted by Gasteiger charge is -2.07. The van der Waals surface area contributed by atoms with E-state index >= 15 is 0 Å². The van der Waals surface area contributed by atoms with E-state index in [1.54, 1.807) is 7.11 Å². The summed E-state index contributed by atoms with van der Waals surface area (Å²) >= 11 is 0. The Balaban J connectivity index is 1.48. The van der Waals surface area contributed by atoms with Crippen LogP contribution < -0.4 is 15.4 Å². The predicted molar refractivity (Wildman–Crippen MR) is 92.5 cm³/mol. The quantitative estimate of drug-likeness (QED) is 0.661. The lowest BCUT2D eigenvalue weighted by molar-refractivity contribution is 0.414. The third kappa shape index (κ3) is 6.80. The standard InChI is InChI=1S/C19H25FN2O/c1-23-19-8-4-17(5-9-19)11-13-22-15-14-21-12-10-16-2-6-18(20)7-3-16/h2-9,21-22H,10-15H2,1H3. The van der Waals surface area contributed by atoms with Gasteiger partial charge in [-0.05, 0) is 61.3 Å². The molecular weight excluding hydrogens is 291 g/mol. The average molecular weight is 316 g/mol. The van der Waals surface area contributed by atoms with Gasteiger partial charge in [0.2, 0.25) is 0 Å². The highest BCUT2D eigenvalue weighted by molar-refractivity contribution is 5.27. The van der Waals surface area contributed by atoms with E-state index in [4.69, 9.17) is 4.74 Å². The normalized spacial score (nSPS) is 10.7. The summed E-state index contributed by atoms with van der Waals surface area (Å²) in [5.41, 5.74) is 2.47. The molecule has 0 aromatic heterocycles. The van der Waals surface area contributed by atoms with E-state index in [0.717, 1.165) is 50.3 Å². The van der Waals surface area contributed by atoms with Gasteiger partial charge in [0.05, 0.1) is 7.11 Å². The van der Waals surface area contributed by atoms with Gasteiger partial charge in [-0.25, -0.2) is 4.39 Å². The van der Waals surface area contributed by atoms with Crippen molar-refractivity contribution in [2.45, 2.75) is 12.8 Å². The second-order valence-corrected chi connectivity index (χ2v) is 5.47. The fraction of sp³-hybridized carbons (Fsp3) is 0.368. The molecule has 0 bridgehead atoms. The van der Waals surface area contributed by atoms with Crippen LogP contribution in [0, 0.1) is 5.82 Å². The number of ether oxygens (including phenoxy) is 1. The molecule has 0 amide bonds. The van der Waals surface area contributed by atoms with Crippen molar-refractivity contribution in [2.75, 3.05) is 33.3 Å². The van der Waals surface area contributed by atoms with Gasteiger partial charge < -0.3 is 15.4 Å². The van der Waals surface area contributed by atoms with Crippen molar-refractivity contribution in [3.8, 4) is 5.75 Å². The first-order chi connectivity index (χ1) is 11.3. The Hall–Kier alpha value is -1.91. The number of benzene rings is 2. The monoisotopic (exact) mass is 316 g/mol. The van der Waals surface area contributed by atoms with Gasteiger partial charge in [0.25, 0.3) is 0 Å². The molecule has 4 heteroatoms. The molecule has 0 aliphatic carbocycles. The van der Waals surface area contributed by atoms with Gasteiger partial charge in [-0.3, -0.25) is 0 Å². The molecule has 0 saturated heterocycles. The summed E-state index contributed by atoms with van der Waals surface area (Å²) in [6, 6.07) is 14.9. The van der Waals surface area contributed by atoms with Gasteiger partial charge in [0, 0.05) is 13.1 Å². The molecule has 0 heterocycles. The minimum Gasteiger partial charge on any atom is -0.497 e. The zero-order valence-corrected chi connectivity index (χ0v) is 13.6. The number of rotatable bonds is 10. The van der Waals surface area contributed by atoms with Crippen LogP contribution in [0.3, 0.4) is 0 Å². The van der Waals surface area contributed by atoms with Gasteiger partial charge in [-0.1, -0.05) is 24.3 Å². The molecule has 23 heavy (non-hydrogen) atoms. The average Bonchev–Trinajstić information content (AvgIpc) is 2.59. The molecule has 0 radical (unpaired) electrons. The van der Waals surface area contributed by atoms with Crippen LogP contribution in [0.5, 0.6) is 5.75 Å². The number of hydrogen-bond acceptors (Lipinski definition) is 3. The van der Waals surface area contributed by atoms with Crippen molar-refractivity contribution in [2.24, 2.45) is 0 Å². The molecular formula is C19H25FN2O. The topological polar surface area (TPSA) is 33.3 Å². The third-order valence-corrected chi connectivity index (χ3v) is 3.73. The SMILES string of the molecule is COc1ccc(CCNCCNCCc2ccc(F)cc2)cc1. The maximum Gasteiger partial charge on any atom is 0.123 e. The maximum absolute atomic E-state index is 12.8. The summed E-state index contributed by atoms with van der Waals surface area (Å²) in [7, 11) is 1.68. The minimum absolute atomic E-state index is 0.178. The highest BCUT2D eigenvalue weighted by atomic mass is 19.1. The van der Waals surface area contributed by atoms with E-state index in [1.165, 1.54) is 17.7 Å². The smallest absolute Gasteiger partial charge is 0.123 e. The molecule has 0 unspecified atom stereocenters. The molecule has 0 saturated carbocycles. The Morgan fingerprint density at radius 3 is 1.70 bits per heavy atom. The van der Waals surface area contributed by atoms with E-state index in [-0.39, 0.29) is 5.82 Å². The van der Waals surface area contributed by atoms with Crippen molar-refractivity contribution < 1.29 is 9.13 Å². The molecule has 0 spiro atoms. The predicted octanol–water partition coefficient (Wildman–Crippen LogP) is 2.80. The van der Waals surface area contributed by atoms with Gasteiger partial charge in [-0.15, -0.1) is 0 Å². The first-order valence-corrected chi connectivity index (χ1v) is 8.07. The summed E-state index contributed by atoms with van der Waals surface area (Å²) < 4.78 is 17.9. The summed E-state index contributed by atoms with van der Waals surface area (Å²) in [5, 5.41) is 6.81. The second kappa shape index (κ2) is 9.98. The van der Waals surface area contributed by atoms with Crippen LogP contribution in [0.25, 0.3) is 0 Å². The van der Waals surface area contributed by atoms with E-state index < -0.39 is 0 Å². The van der Waals surface area contributed by atoms with Crippen molar-refractivity contribution in [1.29, 1.82) is 0 Å². The van der Waals surface area contributed by atoms with E-state index in [9.17, 15) is 4.39 Å². The highest BCUT2D eigenvalue weighted by Gasteiger charge is 1.96. The molecule has 0 aliphatic heterocycles. The second-order valence-electron chi connectivity index (χ2n) is 5.47. The molecule has 2 rings (SSSR count). The summed E-state index contributed by atoms with van der Waals surface area (Å²) in [5.74, 6) is 0.717. The van der Waals surface area contributed by atoms with Crippen LogP contribution in [0.2, 0.25) is 0 Å². The minimum atomic E-state index is -0.178. The third-order valence-electron chi connectivity index (χ3n) is 3.73. The van der Waals surface area contributed by atoms with E-state index in [1.807, 2.05) is 24.3 Å². The fourth-order valence-electron chi connectivity index (χ4n) is 2.34. The number of nitrogens with one attached hydrogen (secondary N) is 2. The number of methoxy groups -OCH3 is 1. The lowest BCUT2D eigenvalue weighted by atomic mass is 10.1. The first-order valence-electron chi connectivity index (χ1n) is 8.07. The Bertz CT molecular complexity index is 555. The molecule has 2 aromatic rings. The molecule has 2 aromatic carbocycles. The molecule has 2 N–H and O–H groups in total. The Morgan fingerprint density at radius 2 is 1.22 bits per heavy atom. The van der Waals surface area contributed by atoms with Crippen LogP contribution in [0.1, 0.15) is 11.1 Å². The number of hydrogen-bond donors (Lipinski definition) is 2. The summed E-state index contributed by atoms with van der Waals surface area (Å²) in [6.07, 6.45) is 1.94. The van der Waals surface area contributed by atoms with E-state index in [2.05, 4.69) is 22.8 Å². The Kier molecular flexibility index (Phi) is 7.57.